The summed E-state index contributed by atoms with van der Waals surface area (Å²) < 4.78 is 6.06. The summed E-state index contributed by atoms with van der Waals surface area (Å²) in [4.78, 5) is 30.5. The Labute approximate surface area is 187 Å². The van der Waals surface area contributed by atoms with Crippen LogP contribution in [-0.4, -0.2) is 23.4 Å². The lowest BCUT2D eigenvalue weighted by molar-refractivity contribution is -0.147. The van der Waals surface area contributed by atoms with E-state index in [0.29, 0.717) is 17.1 Å². The summed E-state index contributed by atoms with van der Waals surface area (Å²) in [5.74, 6) is -0.363. The number of nitrogens with one attached hydrogen (secondary N) is 2. The molecule has 2 aromatic carbocycles. The fourth-order valence-corrected chi connectivity index (χ4v) is 4.88. The highest BCUT2D eigenvalue weighted by Crippen LogP contribution is 2.50. The van der Waals surface area contributed by atoms with Crippen LogP contribution >= 0.6 is 0 Å². The van der Waals surface area contributed by atoms with Crippen LogP contribution in [0.15, 0.2) is 82.5 Å². The van der Waals surface area contributed by atoms with Gasteiger partial charge in [-0.25, -0.2) is 9.79 Å². The number of benzene rings is 2. The van der Waals surface area contributed by atoms with Crippen LogP contribution in [0.3, 0.4) is 0 Å². The summed E-state index contributed by atoms with van der Waals surface area (Å²) in [6.45, 7) is 1.78. The van der Waals surface area contributed by atoms with Gasteiger partial charge in [-0.3, -0.25) is 10.1 Å². The van der Waals surface area contributed by atoms with Crippen molar-refractivity contribution in [2.24, 2.45) is 4.99 Å². The van der Waals surface area contributed by atoms with E-state index in [9.17, 15) is 9.59 Å². The van der Waals surface area contributed by atoms with Gasteiger partial charge in [0.1, 0.15) is 11.3 Å². The molecule has 2 aliphatic heterocycles. The Balaban J connectivity index is 1.61. The maximum absolute atomic E-state index is 13.2. The van der Waals surface area contributed by atoms with Crippen LogP contribution in [0.4, 0.5) is 5.69 Å². The molecule has 0 unspecified atom stereocenters. The zero-order valence-electron chi connectivity index (χ0n) is 18.0. The van der Waals surface area contributed by atoms with Gasteiger partial charge in [0.2, 0.25) is 5.96 Å². The number of aliphatic imine (C=N–C) groups is 1. The van der Waals surface area contributed by atoms with E-state index in [2.05, 4.69) is 15.6 Å². The average molecular weight is 428 g/mol. The first kappa shape index (κ1) is 20.2. The Bertz CT molecular complexity index is 1160. The van der Waals surface area contributed by atoms with Gasteiger partial charge in [0.15, 0.2) is 0 Å². The monoisotopic (exact) mass is 427 g/mol. The molecule has 2 heterocycles. The number of ether oxygens (including phenoxy) is 1. The maximum Gasteiger partial charge on any atom is 0.339 e. The number of carbonyl (C=O) groups excluding carboxylic acids is 2. The van der Waals surface area contributed by atoms with Crippen LogP contribution in [0.1, 0.15) is 44.6 Å². The Kier molecular flexibility index (Phi) is 5.13. The zero-order valence-corrected chi connectivity index (χ0v) is 18.0. The van der Waals surface area contributed by atoms with Gasteiger partial charge >= 0.3 is 5.97 Å². The number of carbonyl (C=O) groups is 2. The number of amides is 1. The first-order valence-electron chi connectivity index (χ1n) is 11.0. The number of para-hydroxylation sites is 1. The van der Waals surface area contributed by atoms with Gasteiger partial charge in [-0.2, -0.15) is 0 Å². The number of guanidine groups is 1. The van der Waals surface area contributed by atoms with Gasteiger partial charge in [0.05, 0.1) is 5.57 Å². The van der Waals surface area contributed by atoms with Crippen LogP contribution < -0.4 is 10.6 Å². The molecular weight excluding hydrogens is 402 g/mol. The van der Waals surface area contributed by atoms with Gasteiger partial charge in [0, 0.05) is 11.3 Å². The number of esters is 1. The minimum absolute atomic E-state index is 0.233. The SMILES string of the molecule is C/C(C1=C(c2ccccc2)C2(CCCCC2)OC1=O)=C1\N=C(Nc2ccccc2)NC1=O. The van der Waals surface area contributed by atoms with Crippen molar-refractivity contribution in [3.63, 3.8) is 0 Å². The molecule has 162 valence electrons. The highest BCUT2D eigenvalue weighted by molar-refractivity contribution is 6.18. The smallest absolute Gasteiger partial charge is 0.339 e. The summed E-state index contributed by atoms with van der Waals surface area (Å²) >= 11 is 0. The molecule has 2 aromatic rings. The minimum atomic E-state index is -0.627. The second-order valence-electron chi connectivity index (χ2n) is 8.44. The Morgan fingerprint density at radius 1 is 0.969 bits per heavy atom. The van der Waals surface area contributed by atoms with Gasteiger partial charge < -0.3 is 10.1 Å². The molecule has 5 rings (SSSR count). The van der Waals surface area contributed by atoms with Crippen molar-refractivity contribution < 1.29 is 14.3 Å². The largest absolute Gasteiger partial charge is 0.451 e. The lowest BCUT2D eigenvalue weighted by atomic mass is 9.75. The van der Waals surface area contributed by atoms with Crippen molar-refractivity contribution in [1.29, 1.82) is 0 Å². The first-order chi connectivity index (χ1) is 15.6. The molecule has 0 saturated heterocycles. The third-order valence-electron chi connectivity index (χ3n) is 6.36. The lowest BCUT2D eigenvalue weighted by Gasteiger charge is -2.34. The molecule has 6 nitrogen and oxygen atoms in total. The summed E-state index contributed by atoms with van der Waals surface area (Å²) in [6.07, 6.45) is 4.75. The molecule has 1 saturated carbocycles. The van der Waals surface area contributed by atoms with E-state index in [-0.39, 0.29) is 17.6 Å². The molecule has 6 heteroatoms. The molecule has 1 aliphatic carbocycles. The first-order valence-corrected chi connectivity index (χ1v) is 11.0. The van der Waals surface area contributed by atoms with Gasteiger partial charge in [-0.05, 0) is 55.9 Å². The van der Waals surface area contributed by atoms with Crippen molar-refractivity contribution in [1.82, 2.24) is 5.32 Å². The average Bonchev–Trinajstić information content (AvgIpc) is 3.31. The van der Waals surface area contributed by atoms with E-state index in [1.807, 2.05) is 60.7 Å². The van der Waals surface area contributed by atoms with Crippen molar-refractivity contribution in [3.8, 4) is 0 Å². The Hall–Kier alpha value is -3.67. The molecule has 0 atom stereocenters. The normalized spacial score (nSPS) is 21.3. The van der Waals surface area contributed by atoms with E-state index in [1.54, 1.807) is 6.92 Å². The van der Waals surface area contributed by atoms with Gasteiger partial charge in [-0.1, -0.05) is 55.0 Å². The molecule has 32 heavy (non-hydrogen) atoms. The zero-order chi connectivity index (χ0) is 22.1. The summed E-state index contributed by atoms with van der Waals surface area (Å²) in [5.41, 5.74) is 3.28. The minimum Gasteiger partial charge on any atom is -0.451 e. The van der Waals surface area contributed by atoms with Crippen molar-refractivity contribution in [3.05, 3.63) is 83.1 Å². The van der Waals surface area contributed by atoms with Crippen molar-refractivity contribution in [2.75, 3.05) is 5.32 Å². The molecule has 1 amide bonds. The van der Waals surface area contributed by atoms with Gasteiger partial charge in [-0.15, -0.1) is 0 Å². The Morgan fingerprint density at radius 2 is 1.62 bits per heavy atom. The van der Waals surface area contributed by atoms with Gasteiger partial charge in [0.25, 0.3) is 5.91 Å². The highest BCUT2D eigenvalue weighted by atomic mass is 16.6. The van der Waals surface area contributed by atoms with Crippen LogP contribution in [0, 0.1) is 0 Å². The third kappa shape index (κ3) is 3.51. The number of anilines is 1. The fraction of sp³-hybridized carbons (Fsp3) is 0.269. The van der Waals surface area contributed by atoms with Crippen LogP contribution in [-0.2, 0) is 14.3 Å². The van der Waals surface area contributed by atoms with Crippen LogP contribution in [0.2, 0.25) is 0 Å². The molecule has 1 spiro atoms. The highest BCUT2D eigenvalue weighted by Gasteiger charge is 2.49. The summed E-state index contributed by atoms with van der Waals surface area (Å²) in [7, 11) is 0. The number of hydrogen-bond acceptors (Lipinski definition) is 5. The summed E-state index contributed by atoms with van der Waals surface area (Å²) in [5, 5.41) is 5.87. The molecular formula is C26H25N3O3. The van der Waals surface area contributed by atoms with E-state index >= 15 is 0 Å². The Morgan fingerprint density at radius 3 is 2.31 bits per heavy atom. The molecule has 1 fully saturated rings. The van der Waals surface area contributed by atoms with Crippen LogP contribution in [0.25, 0.3) is 5.57 Å². The number of nitrogens with zero attached hydrogens (tertiary/aromatic N) is 1. The molecule has 0 bridgehead atoms. The number of rotatable bonds is 3. The van der Waals surface area contributed by atoms with E-state index < -0.39 is 5.60 Å². The summed E-state index contributed by atoms with van der Waals surface area (Å²) in [6, 6.07) is 19.4. The van der Waals surface area contributed by atoms with Crippen LogP contribution in [0.5, 0.6) is 0 Å². The molecule has 0 aromatic heterocycles. The lowest BCUT2D eigenvalue weighted by Crippen LogP contribution is -2.33. The predicted molar refractivity (Wildman–Crippen MR) is 124 cm³/mol. The van der Waals surface area contributed by atoms with E-state index in [1.165, 1.54) is 0 Å². The number of hydrogen-bond donors (Lipinski definition) is 2. The third-order valence-corrected chi connectivity index (χ3v) is 6.36. The quantitative estimate of drug-likeness (QED) is 0.555. The standard InChI is InChI=1S/C26H25N3O3/c1-17(22-23(30)29-25(28-22)27-19-13-7-3-8-14-19)20-21(18-11-5-2-6-12-18)26(32-24(20)31)15-9-4-10-16-26/h2-3,5-8,11-14H,4,9-10,15-16H2,1H3,(H2,27,28,29,30)/b22-17+. The van der Waals surface area contributed by atoms with E-state index in [0.717, 1.165) is 48.9 Å². The fourth-order valence-electron chi connectivity index (χ4n) is 4.88. The second-order valence-corrected chi connectivity index (χ2v) is 8.44. The predicted octanol–water partition coefficient (Wildman–Crippen LogP) is 4.57. The van der Waals surface area contributed by atoms with Crippen molar-refractivity contribution >= 4 is 29.1 Å². The van der Waals surface area contributed by atoms with E-state index in [4.69, 9.17) is 4.74 Å². The topological polar surface area (TPSA) is 79.8 Å². The molecule has 2 N–H and O–H groups in total. The molecule has 0 radical (unpaired) electrons. The molecule has 3 aliphatic rings. The van der Waals surface area contributed by atoms with Crippen molar-refractivity contribution in [2.45, 2.75) is 44.6 Å². The maximum atomic E-state index is 13.2. The second kappa shape index (κ2) is 8.11.